The number of sulfonamides is 1. The molecule has 5 nitrogen and oxygen atoms in total. The zero-order valence-electron chi connectivity index (χ0n) is 8.43. The van der Waals surface area contributed by atoms with Crippen molar-refractivity contribution in [2.75, 3.05) is 7.05 Å². The van der Waals surface area contributed by atoms with Crippen LogP contribution < -0.4 is 10.3 Å². The van der Waals surface area contributed by atoms with Crippen LogP contribution in [0.3, 0.4) is 0 Å². The molecule has 1 heterocycles. The topological polar surface area (TPSA) is 76.4 Å². The smallest absolute Gasteiger partial charge is 0.336 e. The lowest BCUT2D eigenvalue weighted by Gasteiger charge is -2.02. The van der Waals surface area contributed by atoms with Crippen LogP contribution in [0.2, 0.25) is 0 Å². The van der Waals surface area contributed by atoms with Gasteiger partial charge in [-0.05, 0) is 31.3 Å². The second kappa shape index (κ2) is 3.73. The maximum atomic E-state index is 11.5. The van der Waals surface area contributed by atoms with E-state index in [1.165, 1.54) is 37.4 Å². The van der Waals surface area contributed by atoms with Crippen molar-refractivity contribution in [1.82, 2.24) is 4.72 Å². The first-order valence-corrected chi connectivity index (χ1v) is 5.99. The van der Waals surface area contributed by atoms with E-state index < -0.39 is 15.6 Å². The highest BCUT2D eigenvalue weighted by molar-refractivity contribution is 7.89. The Labute approximate surface area is 91.8 Å². The lowest BCUT2D eigenvalue weighted by Crippen LogP contribution is -2.18. The SMILES string of the molecule is CNS(=O)(=O)c1ccc2oc(=O)ccc2c1. The van der Waals surface area contributed by atoms with Gasteiger partial charge in [-0.3, -0.25) is 0 Å². The van der Waals surface area contributed by atoms with Crippen LogP contribution in [0.4, 0.5) is 0 Å². The van der Waals surface area contributed by atoms with Crippen LogP contribution in [0, 0.1) is 0 Å². The largest absolute Gasteiger partial charge is 0.423 e. The third-order valence-electron chi connectivity index (χ3n) is 2.17. The Morgan fingerprint density at radius 3 is 2.62 bits per heavy atom. The predicted molar refractivity (Wildman–Crippen MR) is 58.7 cm³/mol. The molecule has 0 saturated heterocycles. The third kappa shape index (κ3) is 1.84. The van der Waals surface area contributed by atoms with E-state index in [1.54, 1.807) is 0 Å². The Morgan fingerprint density at radius 1 is 1.19 bits per heavy atom. The van der Waals surface area contributed by atoms with Gasteiger partial charge in [0.1, 0.15) is 5.58 Å². The second-order valence-corrected chi connectivity index (χ2v) is 5.05. The molecule has 0 radical (unpaired) electrons. The number of hydrogen-bond donors (Lipinski definition) is 1. The Hall–Kier alpha value is -1.66. The Bertz CT molecular complexity index is 687. The number of benzene rings is 1. The monoisotopic (exact) mass is 239 g/mol. The lowest BCUT2D eigenvalue weighted by atomic mass is 10.2. The molecule has 1 aromatic heterocycles. The average Bonchev–Trinajstić information content (AvgIpc) is 2.28. The van der Waals surface area contributed by atoms with Gasteiger partial charge in [0.25, 0.3) is 0 Å². The minimum absolute atomic E-state index is 0.136. The summed E-state index contributed by atoms with van der Waals surface area (Å²) in [4.78, 5) is 11.1. The number of rotatable bonds is 2. The second-order valence-electron chi connectivity index (χ2n) is 3.16. The van der Waals surface area contributed by atoms with E-state index in [-0.39, 0.29) is 4.90 Å². The minimum Gasteiger partial charge on any atom is -0.423 e. The quantitative estimate of drug-likeness (QED) is 0.783. The van der Waals surface area contributed by atoms with Crippen molar-refractivity contribution in [3.63, 3.8) is 0 Å². The van der Waals surface area contributed by atoms with Crippen LogP contribution in [0.1, 0.15) is 0 Å². The summed E-state index contributed by atoms with van der Waals surface area (Å²) in [7, 11) is -2.13. The van der Waals surface area contributed by atoms with Crippen molar-refractivity contribution in [2.45, 2.75) is 4.90 Å². The van der Waals surface area contributed by atoms with Gasteiger partial charge in [0.15, 0.2) is 0 Å². The first-order valence-electron chi connectivity index (χ1n) is 4.50. The predicted octanol–water partition coefficient (Wildman–Crippen LogP) is 0.701. The molecule has 0 amide bonds. The fourth-order valence-electron chi connectivity index (χ4n) is 1.33. The molecular formula is C10H9NO4S. The first-order chi connectivity index (χ1) is 7.53. The van der Waals surface area contributed by atoms with Crippen molar-refractivity contribution in [2.24, 2.45) is 0 Å². The summed E-state index contributed by atoms with van der Waals surface area (Å²) in [5.41, 5.74) is -0.0979. The van der Waals surface area contributed by atoms with E-state index in [0.717, 1.165) is 0 Å². The van der Waals surface area contributed by atoms with E-state index in [0.29, 0.717) is 11.0 Å². The number of fused-ring (bicyclic) bond motifs is 1. The summed E-state index contributed by atoms with van der Waals surface area (Å²) in [6.45, 7) is 0. The van der Waals surface area contributed by atoms with Gasteiger partial charge in [0.05, 0.1) is 4.90 Å². The first kappa shape index (κ1) is 10.8. The van der Waals surface area contributed by atoms with Gasteiger partial charge in [-0.15, -0.1) is 0 Å². The molecule has 0 saturated carbocycles. The summed E-state index contributed by atoms with van der Waals surface area (Å²) in [5.74, 6) is 0. The zero-order chi connectivity index (χ0) is 11.8. The van der Waals surface area contributed by atoms with Crippen LogP contribution in [-0.2, 0) is 10.0 Å². The lowest BCUT2D eigenvalue weighted by molar-refractivity contribution is 0.560. The number of nitrogens with one attached hydrogen (secondary N) is 1. The van der Waals surface area contributed by atoms with Crippen molar-refractivity contribution in [3.05, 3.63) is 40.8 Å². The maximum absolute atomic E-state index is 11.5. The van der Waals surface area contributed by atoms with Gasteiger partial charge in [-0.2, -0.15) is 0 Å². The molecule has 2 rings (SSSR count). The summed E-state index contributed by atoms with van der Waals surface area (Å²) in [6.07, 6.45) is 0. The van der Waals surface area contributed by atoms with Gasteiger partial charge in [0, 0.05) is 11.5 Å². The highest BCUT2D eigenvalue weighted by Gasteiger charge is 2.11. The molecule has 2 aromatic rings. The zero-order valence-corrected chi connectivity index (χ0v) is 9.24. The van der Waals surface area contributed by atoms with Gasteiger partial charge >= 0.3 is 5.63 Å². The molecule has 1 N–H and O–H groups in total. The van der Waals surface area contributed by atoms with Crippen LogP contribution in [0.5, 0.6) is 0 Å². The van der Waals surface area contributed by atoms with Crippen LogP contribution in [-0.4, -0.2) is 15.5 Å². The van der Waals surface area contributed by atoms with Gasteiger partial charge in [-0.1, -0.05) is 0 Å². The minimum atomic E-state index is -3.47. The van der Waals surface area contributed by atoms with E-state index in [2.05, 4.69) is 4.72 Å². The van der Waals surface area contributed by atoms with Gasteiger partial charge in [-0.25, -0.2) is 17.9 Å². The van der Waals surface area contributed by atoms with Crippen molar-refractivity contribution in [3.8, 4) is 0 Å². The molecule has 0 fully saturated rings. The number of hydrogen-bond acceptors (Lipinski definition) is 4. The fourth-order valence-corrected chi connectivity index (χ4v) is 2.10. The van der Waals surface area contributed by atoms with E-state index in [1.807, 2.05) is 0 Å². The molecule has 16 heavy (non-hydrogen) atoms. The fraction of sp³-hybridized carbons (Fsp3) is 0.100. The molecule has 84 valence electrons. The molecule has 6 heteroatoms. The molecule has 0 aliphatic carbocycles. The van der Waals surface area contributed by atoms with Crippen LogP contribution in [0.25, 0.3) is 11.0 Å². The van der Waals surface area contributed by atoms with E-state index >= 15 is 0 Å². The van der Waals surface area contributed by atoms with E-state index in [4.69, 9.17) is 4.42 Å². The average molecular weight is 239 g/mol. The Kier molecular flexibility index (Phi) is 2.53. The maximum Gasteiger partial charge on any atom is 0.336 e. The highest BCUT2D eigenvalue weighted by atomic mass is 32.2. The van der Waals surface area contributed by atoms with Crippen LogP contribution >= 0.6 is 0 Å². The molecular weight excluding hydrogens is 230 g/mol. The molecule has 0 bridgehead atoms. The molecule has 0 aliphatic rings. The molecule has 0 aliphatic heterocycles. The third-order valence-corrected chi connectivity index (χ3v) is 3.58. The summed E-state index contributed by atoms with van der Waals surface area (Å²) >= 11 is 0. The normalized spacial score (nSPS) is 11.8. The van der Waals surface area contributed by atoms with Crippen molar-refractivity contribution < 1.29 is 12.8 Å². The van der Waals surface area contributed by atoms with Crippen LogP contribution in [0.15, 0.2) is 44.4 Å². The molecule has 1 aromatic carbocycles. The van der Waals surface area contributed by atoms with Crippen molar-refractivity contribution in [1.29, 1.82) is 0 Å². The highest BCUT2D eigenvalue weighted by Crippen LogP contribution is 2.17. The van der Waals surface area contributed by atoms with E-state index in [9.17, 15) is 13.2 Å². The van der Waals surface area contributed by atoms with Gasteiger partial charge in [0.2, 0.25) is 10.0 Å². The molecule has 0 atom stereocenters. The Balaban J connectivity index is 2.71. The summed E-state index contributed by atoms with van der Waals surface area (Å²) in [5, 5.41) is 0.566. The standard InChI is InChI=1S/C10H9NO4S/c1-11-16(13,14)8-3-4-9-7(6-8)2-5-10(12)15-9/h2-6,11H,1H3. The molecule has 0 unspecified atom stereocenters. The Morgan fingerprint density at radius 2 is 1.94 bits per heavy atom. The van der Waals surface area contributed by atoms with Gasteiger partial charge < -0.3 is 4.42 Å². The summed E-state index contributed by atoms with van der Waals surface area (Å²) in [6, 6.07) is 7.07. The summed E-state index contributed by atoms with van der Waals surface area (Å²) < 4.78 is 30.1. The van der Waals surface area contributed by atoms with Crippen molar-refractivity contribution >= 4 is 21.0 Å². The molecule has 0 spiro atoms.